The Hall–Kier alpha value is 0.856. The van der Waals surface area contributed by atoms with Crippen LogP contribution in [0.1, 0.15) is 32.7 Å². The molecule has 2 heteroatoms. The summed E-state index contributed by atoms with van der Waals surface area (Å²) in [5.74, 6) is 0. The van der Waals surface area contributed by atoms with Gasteiger partial charge in [-0.25, -0.2) is 0 Å². The van der Waals surface area contributed by atoms with E-state index in [9.17, 15) is 0 Å². The van der Waals surface area contributed by atoms with Crippen LogP contribution in [0.15, 0.2) is 24.3 Å². The fourth-order valence-electron chi connectivity index (χ4n) is 1.65. The second-order valence-corrected chi connectivity index (χ2v) is 20.4. The van der Waals surface area contributed by atoms with Gasteiger partial charge in [0.25, 0.3) is 0 Å². The average molecular weight is 436 g/mol. The zero-order valence-electron chi connectivity index (χ0n) is 11.4. The van der Waals surface area contributed by atoms with Gasteiger partial charge in [-0.2, -0.15) is 0 Å². The van der Waals surface area contributed by atoms with E-state index >= 15 is 0 Å². The molecule has 0 radical (unpaired) electrons. The topological polar surface area (TPSA) is 0 Å². The molecule has 90 valence electrons. The molecule has 1 aromatic rings. The van der Waals surface area contributed by atoms with Crippen molar-refractivity contribution in [3.8, 4) is 0 Å². The predicted molar refractivity (Wildman–Crippen MR) is 78.2 cm³/mol. The van der Waals surface area contributed by atoms with Crippen LogP contribution in [0.25, 0.3) is 0 Å². The second kappa shape index (κ2) is 6.70. The summed E-state index contributed by atoms with van der Waals surface area (Å²) in [6, 6.07) is 9.52. The molecule has 0 fully saturated rings. The van der Waals surface area contributed by atoms with Crippen LogP contribution in [0, 0.1) is 0 Å². The van der Waals surface area contributed by atoms with Gasteiger partial charge in [0.15, 0.2) is 0 Å². The molecule has 0 N–H and O–H groups in total. The molecule has 1 rings (SSSR count). The summed E-state index contributed by atoms with van der Waals surface area (Å²) in [5, 5.41) is 0. The number of hydrogen-bond donors (Lipinski definition) is 0. The van der Waals surface area contributed by atoms with Crippen LogP contribution in [0.3, 0.4) is 0 Å². The number of hydrogen-bond acceptors (Lipinski definition) is 0. The first kappa shape index (κ1) is 14.9. The van der Waals surface area contributed by atoms with Gasteiger partial charge in [0, 0.05) is 0 Å². The van der Waals surface area contributed by atoms with E-state index in [4.69, 9.17) is 0 Å². The van der Waals surface area contributed by atoms with Crippen molar-refractivity contribution in [2.75, 3.05) is 0 Å². The third-order valence-electron chi connectivity index (χ3n) is 3.45. The third kappa shape index (κ3) is 3.95. The van der Waals surface area contributed by atoms with Gasteiger partial charge in [-0.05, 0) is 0 Å². The van der Waals surface area contributed by atoms with E-state index in [1.54, 1.807) is 11.1 Å². The van der Waals surface area contributed by atoms with Crippen molar-refractivity contribution >= 4 is 40.4 Å². The van der Waals surface area contributed by atoms with E-state index in [2.05, 4.69) is 57.6 Å². The van der Waals surface area contributed by atoms with Crippen LogP contribution < -0.4 is 0 Å². The van der Waals surface area contributed by atoms with Gasteiger partial charge >= 0.3 is 117 Å². The molecule has 0 bridgehead atoms. The predicted octanol–water partition coefficient (Wildman–Crippen LogP) is 4.48. The van der Waals surface area contributed by atoms with Crippen LogP contribution >= 0.6 is 0 Å². The summed E-state index contributed by atoms with van der Waals surface area (Å²) in [6.45, 7) is 4.81. The van der Waals surface area contributed by atoms with E-state index in [0.717, 1.165) is 7.73 Å². The van der Waals surface area contributed by atoms with Crippen molar-refractivity contribution in [1.29, 1.82) is 0 Å². The Bertz CT molecular complexity index is 281. The van der Waals surface area contributed by atoms with E-state index < -0.39 is 40.4 Å². The molecule has 0 spiro atoms. The second-order valence-electron chi connectivity index (χ2n) is 4.95. The normalized spacial score (nSPS) is 15.5. The van der Waals surface area contributed by atoms with Crippen molar-refractivity contribution in [3.05, 3.63) is 35.4 Å². The van der Waals surface area contributed by atoms with Crippen LogP contribution in [-0.2, 0) is 0 Å². The Labute approximate surface area is 116 Å². The molecule has 0 saturated carbocycles. The molecule has 0 heterocycles. The Morgan fingerprint density at radius 3 is 1.12 bits per heavy atom. The Morgan fingerprint density at radius 2 is 0.938 bits per heavy atom. The molecule has 0 saturated heterocycles. The summed E-state index contributed by atoms with van der Waals surface area (Å²) in [4.78, 5) is 9.92. The summed E-state index contributed by atoms with van der Waals surface area (Å²) >= 11 is -1.89. The third-order valence-corrected chi connectivity index (χ3v) is 14.0. The van der Waals surface area contributed by atoms with Crippen LogP contribution in [0.2, 0.25) is 19.5 Å². The molecule has 0 aliphatic carbocycles. The molecular formula is C14H24Sb2. The minimum absolute atomic E-state index is 0.854. The van der Waals surface area contributed by atoms with Crippen molar-refractivity contribution in [2.45, 2.75) is 41.1 Å². The summed E-state index contributed by atoms with van der Waals surface area (Å²) in [5.41, 5.74) is 3.14. The van der Waals surface area contributed by atoms with E-state index in [-0.39, 0.29) is 0 Å². The van der Waals surface area contributed by atoms with E-state index in [1.165, 1.54) is 0 Å². The monoisotopic (exact) mass is 434 g/mol. The van der Waals surface area contributed by atoms with Gasteiger partial charge in [-0.1, -0.05) is 0 Å². The quantitative estimate of drug-likeness (QED) is 0.612. The first-order chi connectivity index (χ1) is 7.43. The van der Waals surface area contributed by atoms with Crippen molar-refractivity contribution in [3.63, 3.8) is 0 Å². The van der Waals surface area contributed by atoms with Crippen molar-refractivity contribution in [2.24, 2.45) is 0 Å². The number of benzene rings is 1. The average Bonchev–Trinajstić information content (AvgIpc) is 2.27. The summed E-state index contributed by atoms with van der Waals surface area (Å²) in [6.07, 6.45) is 0. The zero-order valence-corrected chi connectivity index (χ0v) is 16.5. The minimum atomic E-state index is -0.945. The van der Waals surface area contributed by atoms with E-state index in [1.807, 2.05) is 0 Å². The van der Waals surface area contributed by atoms with Gasteiger partial charge in [-0.3, -0.25) is 0 Å². The van der Waals surface area contributed by atoms with Gasteiger partial charge in [0.2, 0.25) is 0 Å². The van der Waals surface area contributed by atoms with Gasteiger partial charge in [-0.15, -0.1) is 0 Å². The molecule has 0 amide bonds. The fraction of sp³-hybridized carbons (Fsp3) is 0.571. The Morgan fingerprint density at radius 1 is 0.688 bits per heavy atom. The molecule has 0 aromatic heterocycles. The van der Waals surface area contributed by atoms with Crippen LogP contribution in [0.5, 0.6) is 0 Å². The van der Waals surface area contributed by atoms with Gasteiger partial charge in [0.1, 0.15) is 0 Å². The molecule has 2 atom stereocenters. The maximum absolute atomic E-state index is 2.48. The summed E-state index contributed by atoms with van der Waals surface area (Å²) in [7, 11) is 0. The van der Waals surface area contributed by atoms with Crippen LogP contribution in [0.4, 0.5) is 0 Å². The number of rotatable bonds is 4. The first-order valence-corrected chi connectivity index (χ1v) is 19.0. The molecule has 1 aromatic carbocycles. The molecule has 2 unspecified atom stereocenters. The SMILES string of the molecule is C[CH](c1ccc([CH](C)[Sb]([CH3])[CH3])cc1)[Sb]([CH3])[CH3]. The zero-order chi connectivity index (χ0) is 12.3. The molecule has 0 aliphatic heterocycles. The summed E-state index contributed by atoms with van der Waals surface area (Å²) < 4.78 is 1.71. The first-order valence-electron chi connectivity index (χ1n) is 5.86. The molecule has 0 nitrogen and oxygen atoms in total. The van der Waals surface area contributed by atoms with E-state index in [0.29, 0.717) is 0 Å². The van der Waals surface area contributed by atoms with Crippen LogP contribution in [-0.4, -0.2) is 40.4 Å². The Balaban J connectivity index is 2.83. The maximum atomic E-state index is 2.48. The van der Waals surface area contributed by atoms with Crippen molar-refractivity contribution in [1.82, 2.24) is 0 Å². The fourth-order valence-corrected chi connectivity index (χ4v) is 6.04. The Kier molecular flexibility index (Phi) is 6.25. The standard InChI is InChI=1S/C10H12.4CH3.2Sb/c1-3-9-5-7-10(4-2)8-6-9;;;;;;/h3-8H,1-2H3;4*1H3;;. The molecule has 0 aliphatic rings. The van der Waals surface area contributed by atoms with Gasteiger partial charge in [0.05, 0.1) is 0 Å². The van der Waals surface area contributed by atoms with Gasteiger partial charge < -0.3 is 0 Å². The molecule has 16 heavy (non-hydrogen) atoms. The molecular weight excluding hydrogens is 412 g/mol. The van der Waals surface area contributed by atoms with Crippen molar-refractivity contribution < 1.29 is 0 Å².